The van der Waals surface area contributed by atoms with Crippen LogP contribution in [0.5, 0.6) is 0 Å². The molecule has 2 saturated heterocycles. The molecule has 3 atom stereocenters. The molecule has 0 aromatic carbocycles. The van der Waals surface area contributed by atoms with Gasteiger partial charge in [0.1, 0.15) is 0 Å². The third-order valence-electron chi connectivity index (χ3n) is 3.88. The fourth-order valence-corrected chi connectivity index (χ4v) is 2.93. The molecule has 17 heavy (non-hydrogen) atoms. The monoisotopic (exact) mass is 242 g/mol. The summed E-state index contributed by atoms with van der Waals surface area (Å²) >= 11 is 0. The highest BCUT2D eigenvalue weighted by molar-refractivity contribution is 4.81. The Morgan fingerprint density at radius 3 is 2.82 bits per heavy atom. The Bertz CT molecular complexity index is 235. The quantitative estimate of drug-likeness (QED) is 0.808. The van der Waals surface area contributed by atoms with E-state index >= 15 is 0 Å². The summed E-state index contributed by atoms with van der Waals surface area (Å²) in [6.07, 6.45) is 5.00. The number of piperidine rings is 1. The summed E-state index contributed by atoms with van der Waals surface area (Å²) in [6, 6.07) is 1.23. The zero-order valence-electron chi connectivity index (χ0n) is 11.1. The van der Waals surface area contributed by atoms with Crippen molar-refractivity contribution in [3.8, 4) is 0 Å². The second kappa shape index (κ2) is 6.14. The summed E-state index contributed by atoms with van der Waals surface area (Å²) in [5.41, 5.74) is 5.59. The van der Waals surface area contributed by atoms with E-state index in [9.17, 15) is 0 Å². The van der Waals surface area contributed by atoms with Crippen LogP contribution in [0.2, 0.25) is 0 Å². The van der Waals surface area contributed by atoms with E-state index in [1.165, 1.54) is 25.8 Å². The number of rotatable bonds is 4. The van der Waals surface area contributed by atoms with E-state index in [1.54, 1.807) is 0 Å². The van der Waals surface area contributed by atoms with E-state index in [-0.39, 0.29) is 12.4 Å². The van der Waals surface area contributed by atoms with E-state index in [0.717, 1.165) is 6.42 Å². The molecular weight excluding hydrogens is 216 g/mol. The molecule has 0 bridgehead atoms. The second-order valence-electron chi connectivity index (χ2n) is 5.47. The number of hydrogen-bond acceptors (Lipinski definition) is 4. The van der Waals surface area contributed by atoms with Crippen LogP contribution in [0.25, 0.3) is 0 Å². The Balaban J connectivity index is 1.84. The topological polar surface area (TPSA) is 47.7 Å². The van der Waals surface area contributed by atoms with E-state index in [2.05, 4.69) is 18.7 Å². The van der Waals surface area contributed by atoms with Gasteiger partial charge in [-0.15, -0.1) is 0 Å². The van der Waals surface area contributed by atoms with Crippen molar-refractivity contribution in [1.82, 2.24) is 4.90 Å². The smallest absolute Gasteiger partial charge is 0.159 e. The Hall–Kier alpha value is -0.160. The molecule has 2 rings (SSSR count). The third-order valence-corrected chi connectivity index (χ3v) is 3.88. The van der Waals surface area contributed by atoms with Crippen LogP contribution in [0.1, 0.15) is 39.5 Å². The van der Waals surface area contributed by atoms with Crippen LogP contribution in [0.4, 0.5) is 0 Å². The predicted molar refractivity (Wildman–Crippen MR) is 67.8 cm³/mol. The maximum absolute atomic E-state index is 5.77. The number of hydrogen-bond donors (Lipinski definition) is 1. The molecule has 0 aliphatic carbocycles. The molecule has 2 aliphatic rings. The Morgan fingerprint density at radius 2 is 2.18 bits per heavy atom. The van der Waals surface area contributed by atoms with E-state index in [1.807, 2.05) is 0 Å². The average molecular weight is 242 g/mol. The third kappa shape index (κ3) is 3.41. The van der Waals surface area contributed by atoms with Crippen molar-refractivity contribution in [3.05, 3.63) is 0 Å². The van der Waals surface area contributed by atoms with E-state index in [0.29, 0.717) is 25.2 Å². The Morgan fingerprint density at radius 1 is 1.35 bits per heavy atom. The van der Waals surface area contributed by atoms with Crippen molar-refractivity contribution in [3.63, 3.8) is 0 Å². The summed E-state index contributed by atoms with van der Waals surface area (Å²) in [6.45, 7) is 6.99. The van der Waals surface area contributed by atoms with Crippen LogP contribution in [0.3, 0.4) is 0 Å². The van der Waals surface area contributed by atoms with Crippen molar-refractivity contribution >= 4 is 0 Å². The van der Waals surface area contributed by atoms with Crippen LogP contribution >= 0.6 is 0 Å². The molecule has 3 unspecified atom stereocenters. The molecule has 0 spiro atoms. The molecule has 4 nitrogen and oxygen atoms in total. The highest BCUT2D eigenvalue weighted by Crippen LogP contribution is 2.26. The first kappa shape index (κ1) is 13.3. The maximum Gasteiger partial charge on any atom is 0.159 e. The molecule has 0 amide bonds. The number of likely N-dealkylation sites (tertiary alicyclic amines) is 1. The van der Waals surface area contributed by atoms with Crippen LogP contribution in [0.15, 0.2) is 0 Å². The molecule has 2 N–H and O–H groups in total. The SMILES string of the molecule is CC(C)N1CCCCC1CC1OCC(CN)O1. The summed E-state index contributed by atoms with van der Waals surface area (Å²) in [5.74, 6) is 0. The lowest BCUT2D eigenvalue weighted by Gasteiger charge is -2.39. The highest BCUT2D eigenvalue weighted by atomic mass is 16.7. The van der Waals surface area contributed by atoms with Crippen LogP contribution < -0.4 is 5.73 Å². The summed E-state index contributed by atoms with van der Waals surface area (Å²) in [5, 5.41) is 0. The zero-order valence-corrected chi connectivity index (χ0v) is 11.1. The van der Waals surface area contributed by atoms with Crippen molar-refractivity contribution in [2.75, 3.05) is 19.7 Å². The van der Waals surface area contributed by atoms with Crippen molar-refractivity contribution in [1.29, 1.82) is 0 Å². The van der Waals surface area contributed by atoms with E-state index < -0.39 is 0 Å². The van der Waals surface area contributed by atoms with Gasteiger partial charge in [0.15, 0.2) is 6.29 Å². The molecule has 0 saturated carbocycles. The molecule has 4 heteroatoms. The second-order valence-corrected chi connectivity index (χ2v) is 5.47. The Kier molecular flexibility index (Phi) is 4.79. The molecule has 0 radical (unpaired) electrons. The van der Waals surface area contributed by atoms with Gasteiger partial charge in [0.25, 0.3) is 0 Å². The standard InChI is InChI=1S/C13H26N2O2/c1-10(2)15-6-4-3-5-11(15)7-13-16-9-12(8-14)17-13/h10-13H,3-9,14H2,1-2H3. The molecule has 0 aromatic heterocycles. The van der Waals surface area contributed by atoms with Gasteiger partial charge in [-0.25, -0.2) is 0 Å². The Labute approximate surface area is 104 Å². The van der Waals surface area contributed by atoms with E-state index in [4.69, 9.17) is 15.2 Å². The molecule has 100 valence electrons. The van der Waals surface area contributed by atoms with Gasteiger partial charge in [-0.1, -0.05) is 6.42 Å². The largest absolute Gasteiger partial charge is 0.350 e. The molecule has 2 aliphatic heterocycles. The lowest BCUT2D eigenvalue weighted by Crippen LogP contribution is -2.45. The fourth-order valence-electron chi connectivity index (χ4n) is 2.93. The first-order chi connectivity index (χ1) is 8.20. The first-order valence-electron chi connectivity index (χ1n) is 6.93. The number of ether oxygens (including phenoxy) is 2. The number of nitrogens with two attached hydrogens (primary N) is 1. The van der Waals surface area contributed by atoms with Gasteiger partial charge in [-0.05, 0) is 33.2 Å². The van der Waals surface area contributed by atoms with Gasteiger partial charge in [0.05, 0.1) is 12.7 Å². The van der Waals surface area contributed by atoms with Crippen molar-refractivity contribution in [2.45, 2.75) is 64.0 Å². The van der Waals surface area contributed by atoms with Crippen LogP contribution in [-0.4, -0.2) is 49.1 Å². The highest BCUT2D eigenvalue weighted by Gasteiger charge is 2.31. The summed E-state index contributed by atoms with van der Waals surface area (Å²) in [4.78, 5) is 2.59. The van der Waals surface area contributed by atoms with Crippen molar-refractivity contribution in [2.24, 2.45) is 5.73 Å². The van der Waals surface area contributed by atoms with Crippen molar-refractivity contribution < 1.29 is 9.47 Å². The maximum atomic E-state index is 5.77. The van der Waals surface area contributed by atoms with Crippen LogP contribution in [-0.2, 0) is 9.47 Å². The first-order valence-corrected chi connectivity index (χ1v) is 6.93. The fraction of sp³-hybridized carbons (Fsp3) is 1.00. The average Bonchev–Trinajstić information content (AvgIpc) is 2.77. The molecule has 2 heterocycles. The minimum absolute atomic E-state index is 0.0344. The zero-order chi connectivity index (χ0) is 12.3. The normalized spacial score (nSPS) is 35.6. The summed E-state index contributed by atoms with van der Waals surface area (Å²) < 4.78 is 11.4. The number of nitrogens with zero attached hydrogens (tertiary/aromatic N) is 1. The minimum Gasteiger partial charge on any atom is -0.350 e. The van der Waals surface area contributed by atoms with Crippen LogP contribution in [0, 0.1) is 0 Å². The lowest BCUT2D eigenvalue weighted by atomic mass is 9.97. The van der Waals surface area contributed by atoms with Gasteiger partial charge in [-0.2, -0.15) is 0 Å². The van der Waals surface area contributed by atoms with Gasteiger partial charge >= 0.3 is 0 Å². The molecule has 2 fully saturated rings. The lowest BCUT2D eigenvalue weighted by molar-refractivity contribution is -0.0808. The molecule has 0 aromatic rings. The van der Waals surface area contributed by atoms with Gasteiger partial charge < -0.3 is 15.2 Å². The predicted octanol–water partition coefficient (Wildman–Crippen LogP) is 1.34. The van der Waals surface area contributed by atoms with Gasteiger partial charge in [0.2, 0.25) is 0 Å². The van der Waals surface area contributed by atoms with Gasteiger partial charge in [0, 0.05) is 25.0 Å². The van der Waals surface area contributed by atoms with Gasteiger partial charge in [-0.3, -0.25) is 4.90 Å². The minimum atomic E-state index is -0.0344. The summed E-state index contributed by atoms with van der Waals surface area (Å²) in [7, 11) is 0. The molecular formula is C13H26N2O2.